The fraction of sp³-hybridized carbons (Fsp3) is 0.174. The fourth-order valence-corrected chi connectivity index (χ4v) is 3.29. The predicted octanol–water partition coefficient (Wildman–Crippen LogP) is 5.19. The zero-order valence-corrected chi connectivity index (χ0v) is 16.0. The molecule has 0 unspecified atom stereocenters. The number of aromatic nitrogens is 2. The minimum atomic E-state index is 0.633. The van der Waals surface area contributed by atoms with Gasteiger partial charge in [0.25, 0.3) is 0 Å². The Kier molecular flexibility index (Phi) is 5.15. The Balaban J connectivity index is 1.64. The lowest BCUT2D eigenvalue weighted by molar-refractivity contribution is 0.340. The fourth-order valence-electron chi connectivity index (χ4n) is 3.29. The summed E-state index contributed by atoms with van der Waals surface area (Å²) in [4.78, 5) is 9.09. The van der Waals surface area contributed by atoms with Gasteiger partial charge in [0.2, 0.25) is 0 Å². The van der Waals surface area contributed by atoms with Crippen LogP contribution in [0.15, 0.2) is 65.9 Å². The predicted molar refractivity (Wildman–Crippen MR) is 115 cm³/mol. The molecule has 0 bridgehead atoms. The van der Waals surface area contributed by atoms with E-state index in [4.69, 9.17) is 9.72 Å². The van der Waals surface area contributed by atoms with Crippen molar-refractivity contribution in [3.05, 3.63) is 71.9 Å². The molecule has 2 heterocycles. The van der Waals surface area contributed by atoms with Gasteiger partial charge in [0.05, 0.1) is 23.9 Å². The molecule has 0 aliphatic carbocycles. The van der Waals surface area contributed by atoms with Gasteiger partial charge in [-0.05, 0) is 49.2 Å². The third-order valence-electron chi connectivity index (χ3n) is 4.62. The molecule has 0 spiro atoms. The number of pyridine rings is 2. The average Bonchev–Trinajstić information content (AvgIpc) is 2.73. The second kappa shape index (κ2) is 8.05. The summed E-state index contributed by atoms with van der Waals surface area (Å²) in [5.74, 6) is 1.54. The number of hydrazone groups is 1. The van der Waals surface area contributed by atoms with Crippen molar-refractivity contribution in [2.24, 2.45) is 5.10 Å². The molecule has 4 rings (SSSR count). The molecule has 28 heavy (non-hydrogen) atoms. The second-order valence-electron chi connectivity index (χ2n) is 6.42. The molecule has 0 saturated carbocycles. The van der Waals surface area contributed by atoms with E-state index in [1.165, 1.54) is 5.56 Å². The van der Waals surface area contributed by atoms with Crippen LogP contribution in [0, 0.1) is 0 Å². The maximum absolute atomic E-state index is 5.61. The number of ether oxygens (including phenoxy) is 1. The summed E-state index contributed by atoms with van der Waals surface area (Å²) in [5, 5.41) is 6.61. The van der Waals surface area contributed by atoms with E-state index in [1.54, 1.807) is 12.4 Å². The number of fused-ring (bicyclic) bond motifs is 2. The van der Waals surface area contributed by atoms with E-state index in [-0.39, 0.29) is 0 Å². The molecule has 0 amide bonds. The minimum Gasteiger partial charge on any atom is -0.494 e. The van der Waals surface area contributed by atoms with Crippen LogP contribution < -0.4 is 10.2 Å². The SMILES string of the molecule is CCOc1ccc2c(CC)cc(N/N=C/c3ccnc4ccccc34)nc2c1. The highest BCUT2D eigenvalue weighted by atomic mass is 16.5. The highest BCUT2D eigenvalue weighted by molar-refractivity contribution is 5.98. The Morgan fingerprint density at radius 3 is 2.75 bits per heavy atom. The van der Waals surface area contributed by atoms with Crippen molar-refractivity contribution in [3.8, 4) is 5.75 Å². The molecular formula is C23H22N4O. The van der Waals surface area contributed by atoms with Crippen molar-refractivity contribution in [2.45, 2.75) is 20.3 Å². The van der Waals surface area contributed by atoms with E-state index in [2.05, 4.69) is 28.5 Å². The van der Waals surface area contributed by atoms with Gasteiger partial charge in [-0.1, -0.05) is 25.1 Å². The normalized spacial score (nSPS) is 11.4. The highest BCUT2D eigenvalue weighted by Gasteiger charge is 2.06. The van der Waals surface area contributed by atoms with E-state index in [0.29, 0.717) is 12.4 Å². The second-order valence-corrected chi connectivity index (χ2v) is 6.42. The Morgan fingerprint density at radius 2 is 1.89 bits per heavy atom. The molecule has 4 aromatic rings. The van der Waals surface area contributed by atoms with Crippen molar-refractivity contribution >= 4 is 33.8 Å². The average molecular weight is 370 g/mol. The molecule has 5 heteroatoms. The van der Waals surface area contributed by atoms with Crippen molar-refractivity contribution < 1.29 is 4.74 Å². The Bertz CT molecular complexity index is 1150. The zero-order valence-electron chi connectivity index (χ0n) is 16.0. The minimum absolute atomic E-state index is 0.633. The van der Waals surface area contributed by atoms with Crippen LogP contribution in [0.4, 0.5) is 5.82 Å². The van der Waals surface area contributed by atoms with Crippen molar-refractivity contribution in [2.75, 3.05) is 12.0 Å². The summed E-state index contributed by atoms with van der Waals surface area (Å²) < 4.78 is 5.61. The van der Waals surface area contributed by atoms with Gasteiger partial charge in [-0.15, -0.1) is 0 Å². The highest BCUT2D eigenvalue weighted by Crippen LogP contribution is 2.25. The van der Waals surface area contributed by atoms with Gasteiger partial charge in [0.15, 0.2) is 0 Å². The van der Waals surface area contributed by atoms with Crippen LogP contribution in [-0.2, 0) is 6.42 Å². The molecule has 0 atom stereocenters. The van der Waals surface area contributed by atoms with E-state index in [0.717, 1.165) is 39.5 Å². The van der Waals surface area contributed by atoms with Crippen LogP contribution in [0.5, 0.6) is 5.75 Å². The first kappa shape index (κ1) is 17.9. The summed E-state index contributed by atoms with van der Waals surface area (Å²) in [6, 6.07) is 18.1. The van der Waals surface area contributed by atoms with E-state index in [1.807, 2.05) is 55.5 Å². The van der Waals surface area contributed by atoms with Gasteiger partial charge in [0, 0.05) is 28.6 Å². The maximum atomic E-state index is 5.61. The van der Waals surface area contributed by atoms with Crippen molar-refractivity contribution in [1.82, 2.24) is 9.97 Å². The van der Waals surface area contributed by atoms with Crippen LogP contribution in [0.1, 0.15) is 25.0 Å². The summed E-state index contributed by atoms with van der Waals surface area (Å²) >= 11 is 0. The molecule has 2 aromatic heterocycles. The lowest BCUT2D eigenvalue weighted by atomic mass is 10.1. The molecule has 140 valence electrons. The van der Waals surface area contributed by atoms with Crippen LogP contribution in [0.3, 0.4) is 0 Å². The molecule has 5 nitrogen and oxygen atoms in total. The molecule has 0 fully saturated rings. The monoisotopic (exact) mass is 370 g/mol. The first-order valence-electron chi connectivity index (χ1n) is 9.47. The molecule has 1 N–H and O–H groups in total. The van der Waals surface area contributed by atoms with Gasteiger partial charge in [0.1, 0.15) is 11.6 Å². The van der Waals surface area contributed by atoms with E-state index >= 15 is 0 Å². The van der Waals surface area contributed by atoms with Gasteiger partial charge in [-0.2, -0.15) is 5.10 Å². The standard InChI is InChI=1S/C23H22N4O/c1-3-16-13-23(26-22-14-18(28-4-2)9-10-20(16)22)27-25-15-17-11-12-24-21-8-6-5-7-19(17)21/h5-15H,3-4H2,1-2H3,(H,26,27)/b25-15+. The number of rotatable bonds is 6. The summed E-state index contributed by atoms with van der Waals surface area (Å²) in [7, 11) is 0. The first-order valence-corrected chi connectivity index (χ1v) is 9.47. The third kappa shape index (κ3) is 3.64. The first-order chi connectivity index (χ1) is 13.8. The number of anilines is 1. The van der Waals surface area contributed by atoms with Crippen molar-refractivity contribution in [1.29, 1.82) is 0 Å². The summed E-state index contributed by atoms with van der Waals surface area (Å²) in [6.45, 7) is 4.75. The Morgan fingerprint density at radius 1 is 1.00 bits per heavy atom. The van der Waals surface area contributed by atoms with Gasteiger partial charge >= 0.3 is 0 Å². The van der Waals surface area contributed by atoms with Crippen molar-refractivity contribution in [3.63, 3.8) is 0 Å². The van der Waals surface area contributed by atoms with Crippen LogP contribution in [-0.4, -0.2) is 22.8 Å². The number of para-hydroxylation sites is 1. The molecular weight excluding hydrogens is 348 g/mol. The van der Waals surface area contributed by atoms with E-state index in [9.17, 15) is 0 Å². The Labute approximate surface area is 164 Å². The molecule has 2 aromatic carbocycles. The largest absolute Gasteiger partial charge is 0.494 e. The van der Waals surface area contributed by atoms with E-state index < -0.39 is 0 Å². The third-order valence-corrected chi connectivity index (χ3v) is 4.62. The van der Waals surface area contributed by atoms with Gasteiger partial charge < -0.3 is 4.74 Å². The maximum Gasteiger partial charge on any atom is 0.147 e. The number of hydrogen-bond acceptors (Lipinski definition) is 5. The molecule has 0 saturated heterocycles. The molecule has 0 aliphatic rings. The number of nitrogens with one attached hydrogen (secondary N) is 1. The number of nitrogens with zero attached hydrogens (tertiary/aromatic N) is 3. The molecule has 0 aliphatic heterocycles. The summed E-state index contributed by atoms with van der Waals surface area (Å²) in [5.41, 5.74) is 7.15. The lowest BCUT2D eigenvalue weighted by Crippen LogP contribution is -1.98. The summed E-state index contributed by atoms with van der Waals surface area (Å²) in [6.07, 6.45) is 4.51. The lowest BCUT2D eigenvalue weighted by Gasteiger charge is -2.10. The van der Waals surface area contributed by atoms with Crippen LogP contribution in [0.25, 0.3) is 21.8 Å². The number of aryl methyl sites for hydroxylation is 1. The van der Waals surface area contributed by atoms with Gasteiger partial charge in [-0.25, -0.2) is 4.98 Å². The van der Waals surface area contributed by atoms with Crippen LogP contribution in [0.2, 0.25) is 0 Å². The topological polar surface area (TPSA) is 59.4 Å². The zero-order chi connectivity index (χ0) is 19.3. The smallest absolute Gasteiger partial charge is 0.147 e. The number of benzene rings is 2. The Hall–Kier alpha value is -3.47. The quantitative estimate of drug-likeness (QED) is 0.375. The van der Waals surface area contributed by atoms with Gasteiger partial charge in [-0.3, -0.25) is 10.4 Å². The van der Waals surface area contributed by atoms with Crippen LogP contribution >= 0.6 is 0 Å². The number of hydrogen-bond donors (Lipinski definition) is 1. The molecule has 0 radical (unpaired) electrons.